The maximum Gasteiger partial charge on any atom is 0.320 e. The van der Waals surface area contributed by atoms with Crippen LogP contribution in [0.5, 0.6) is 0 Å². The Bertz CT molecular complexity index is 675. The number of fused-ring (bicyclic) bond motifs is 1. The molecule has 0 aliphatic carbocycles. The number of aromatic amines is 1. The van der Waals surface area contributed by atoms with E-state index in [0.717, 1.165) is 42.1 Å². The topological polar surface area (TPSA) is 68.4 Å². The Morgan fingerprint density at radius 2 is 1.75 bits per heavy atom. The van der Waals surface area contributed by atoms with E-state index >= 15 is 0 Å². The van der Waals surface area contributed by atoms with Crippen LogP contribution in [-0.2, 0) is 19.1 Å². The van der Waals surface area contributed by atoms with E-state index in [9.17, 15) is 9.59 Å². The minimum absolute atomic E-state index is 0.271. The number of carbonyl (C=O) groups excluding carboxylic acids is 2. The molecule has 0 saturated carbocycles. The Balaban J connectivity index is 2.45. The maximum absolute atomic E-state index is 12.3. The molecule has 1 heterocycles. The Morgan fingerprint density at radius 3 is 2.38 bits per heavy atom. The first-order valence-electron chi connectivity index (χ1n) is 8.35. The number of para-hydroxylation sites is 1. The highest BCUT2D eigenvalue weighted by atomic mass is 16.5. The summed E-state index contributed by atoms with van der Waals surface area (Å²) in [5.41, 5.74) is 1.95. The zero-order valence-corrected chi connectivity index (χ0v) is 14.5. The van der Waals surface area contributed by atoms with Gasteiger partial charge < -0.3 is 14.5 Å². The van der Waals surface area contributed by atoms with Crippen LogP contribution in [0.2, 0.25) is 0 Å². The van der Waals surface area contributed by atoms with Crippen LogP contribution in [-0.4, -0.2) is 31.1 Å². The number of rotatable bonds is 8. The second-order valence-electron chi connectivity index (χ2n) is 5.92. The molecule has 0 aliphatic heterocycles. The van der Waals surface area contributed by atoms with Gasteiger partial charge in [0.25, 0.3) is 0 Å². The third-order valence-corrected chi connectivity index (χ3v) is 4.45. The highest BCUT2D eigenvalue weighted by molar-refractivity contribution is 5.97. The van der Waals surface area contributed by atoms with Crippen molar-refractivity contribution in [1.29, 1.82) is 0 Å². The van der Waals surface area contributed by atoms with Gasteiger partial charge in [0.05, 0.1) is 14.2 Å². The summed E-state index contributed by atoms with van der Waals surface area (Å²) >= 11 is 0. The summed E-state index contributed by atoms with van der Waals surface area (Å²) in [4.78, 5) is 27.8. The summed E-state index contributed by atoms with van der Waals surface area (Å²) in [6.45, 7) is 2.12. The van der Waals surface area contributed by atoms with Gasteiger partial charge in [0, 0.05) is 23.0 Å². The fourth-order valence-corrected chi connectivity index (χ4v) is 3.20. The molecule has 130 valence electrons. The van der Waals surface area contributed by atoms with Crippen LogP contribution >= 0.6 is 0 Å². The summed E-state index contributed by atoms with van der Waals surface area (Å²) in [7, 11) is 2.60. The SMILES string of the molecule is CCCCCC(c1c[nH]c2ccccc12)C(C(=O)OC)C(=O)OC. The van der Waals surface area contributed by atoms with E-state index in [0.29, 0.717) is 0 Å². The lowest BCUT2D eigenvalue weighted by molar-refractivity contribution is -0.160. The average Bonchev–Trinajstić information content (AvgIpc) is 3.04. The van der Waals surface area contributed by atoms with Crippen molar-refractivity contribution in [2.24, 2.45) is 5.92 Å². The van der Waals surface area contributed by atoms with Gasteiger partial charge in [-0.05, 0) is 18.1 Å². The highest BCUT2D eigenvalue weighted by Crippen LogP contribution is 2.36. The molecule has 2 aromatic rings. The summed E-state index contributed by atoms with van der Waals surface area (Å²) in [5, 5.41) is 1.02. The monoisotopic (exact) mass is 331 g/mol. The molecule has 1 N–H and O–H groups in total. The van der Waals surface area contributed by atoms with Crippen molar-refractivity contribution in [3.8, 4) is 0 Å². The third-order valence-electron chi connectivity index (χ3n) is 4.45. The van der Waals surface area contributed by atoms with Crippen molar-refractivity contribution in [3.05, 3.63) is 36.0 Å². The van der Waals surface area contributed by atoms with Gasteiger partial charge in [0.2, 0.25) is 0 Å². The van der Waals surface area contributed by atoms with E-state index < -0.39 is 17.9 Å². The number of nitrogens with one attached hydrogen (secondary N) is 1. The number of aromatic nitrogens is 1. The molecular formula is C19H25NO4. The van der Waals surface area contributed by atoms with Gasteiger partial charge in [0.1, 0.15) is 0 Å². The molecule has 0 saturated heterocycles. The van der Waals surface area contributed by atoms with Gasteiger partial charge in [-0.2, -0.15) is 0 Å². The van der Waals surface area contributed by atoms with E-state index in [-0.39, 0.29) is 5.92 Å². The minimum atomic E-state index is -0.948. The van der Waals surface area contributed by atoms with Crippen LogP contribution < -0.4 is 0 Å². The van der Waals surface area contributed by atoms with Crippen LogP contribution in [0.15, 0.2) is 30.5 Å². The predicted octanol–water partition coefficient (Wildman–Crippen LogP) is 3.79. The van der Waals surface area contributed by atoms with E-state index in [1.165, 1.54) is 14.2 Å². The van der Waals surface area contributed by atoms with E-state index in [1.54, 1.807) is 0 Å². The number of hydrogen-bond donors (Lipinski definition) is 1. The molecule has 5 heteroatoms. The Labute approximate surface area is 142 Å². The van der Waals surface area contributed by atoms with Crippen molar-refractivity contribution in [3.63, 3.8) is 0 Å². The minimum Gasteiger partial charge on any atom is -0.468 e. The largest absolute Gasteiger partial charge is 0.468 e. The average molecular weight is 331 g/mol. The standard InChI is InChI=1S/C19H25NO4/c1-4-5-6-10-14(17(18(21)23-2)19(22)24-3)15-12-20-16-11-8-7-9-13(15)16/h7-9,11-12,14,17,20H,4-6,10H2,1-3H3. The van der Waals surface area contributed by atoms with Crippen LogP contribution in [0.3, 0.4) is 0 Å². The normalized spacial score (nSPS) is 12.3. The number of hydrogen-bond acceptors (Lipinski definition) is 4. The summed E-state index contributed by atoms with van der Waals surface area (Å²) in [5.74, 6) is -2.31. The third kappa shape index (κ3) is 3.78. The molecule has 0 bridgehead atoms. The summed E-state index contributed by atoms with van der Waals surface area (Å²) in [6.07, 6.45) is 5.67. The highest BCUT2D eigenvalue weighted by Gasteiger charge is 2.38. The number of benzene rings is 1. The first kappa shape index (κ1) is 18.0. The fourth-order valence-electron chi connectivity index (χ4n) is 3.20. The number of ether oxygens (including phenoxy) is 2. The van der Waals surface area contributed by atoms with Gasteiger partial charge in [-0.1, -0.05) is 44.4 Å². The second-order valence-corrected chi connectivity index (χ2v) is 5.92. The van der Waals surface area contributed by atoms with Crippen LogP contribution in [0, 0.1) is 5.92 Å². The Hall–Kier alpha value is -2.30. The van der Waals surface area contributed by atoms with E-state index in [1.807, 2.05) is 30.5 Å². The number of unbranched alkanes of at least 4 members (excludes halogenated alkanes) is 2. The number of methoxy groups -OCH3 is 2. The van der Waals surface area contributed by atoms with Gasteiger partial charge in [-0.25, -0.2) is 0 Å². The van der Waals surface area contributed by atoms with Crippen LogP contribution in [0.1, 0.15) is 44.1 Å². The summed E-state index contributed by atoms with van der Waals surface area (Å²) < 4.78 is 9.77. The molecule has 1 unspecified atom stereocenters. The number of esters is 2. The van der Waals surface area contributed by atoms with Crippen molar-refractivity contribution >= 4 is 22.8 Å². The van der Waals surface area contributed by atoms with E-state index in [2.05, 4.69) is 11.9 Å². The van der Waals surface area contributed by atoms with Crippen molar-refractivity contribution in [2.75, 3.05) is 14.2 Å². The molecule has 0 fully saturated rings. The molecule has 0 radical (unpaired) electrons. The fraction of sp³-hybridized carbons (Fsp3) is 0.474. The lowest BCUT2D eigenvalue weighted by Gasteiger charge is -2.23. The van der Waals surface area contributed by atoms with Gasteiger partial charge >= 0.3 is 11.9 Å². The summed E-state index contributed by atoms with van der Waals surface area (Å²) in [6, 6.07) is 7.88. The lowest BCUT2D eigenvalue weighted by atomic mass is 9.82. The molecule has 0 amide bonds. The van der Waals surface area contributed by atoms with Crippen LogP contribution in [0.25, 0.3) is 10.9 Å². The van der Waals surface area contributed by atoms with Crippen molar-refractivity contribution in [2.45, 2.75) is 38.5 Å². The Morgan fingerprint density at radius 1 is 1.08 bits per heavy atom. The quantitative estimate of drug-likeness (QED) is 0.454. The van der Waals surface area contributed by atoms with Gasteiger partial charge in [-0.15, -0.1) is 0 Å². The van der Waals surface area contributed by atoms with Crippen molar-refractivity contribution < 1.29 is 19.1 Å². The number of carbonyl (C=O) groups is 2. The predicted molar refractivity (Wildman–Crippen MR) is 92.7 cm³/mol. The van der Waals surface area contributed by atoms with Gasteiger partial charge in [0.15, 0.2) is 5.92 Å². The lowest BCUT2D eigenvalue weighted by Crippen LogP contribution is -2.32. The first-order chi connectivity index (χ1) is 11.6. The van der Waals surface area contributed by atoms with Crippen LogP contribution in [0.4, 0.5) is 0 Å². The smallest absolute Gasteiger partial charge is 0.320 e. The first-order valence-corrected chi connectivity index (χ1v) is 8.35. The second kappa shape index (κ2) is 8.52. The Kier molecular flexibility index (Phi) is 6.41. The van der Waals surface area contributed by atoms with Crippen molar-refractivity contribution in [1.82, 2.24) is 4.98 Å². The molecule has 0 aliphatic rings. The maximum atomic E-state index is 12.3. The zero-order chi connectivity index (χ0) is 17.5. The molecule has 0 spiro atoms. The molecule has 1 aromatic heterocycles. The van der Waals surface area contributed by atoms with Gasteiger partial charge in [-0.3, -0.25) is 9.59 Å². The van der Waals surface area contributed by atoms with E-state index in [4.69, 9.17) is 9.47 Å². The molecule has 24 heavy (non-hydrogen) atoms. The molecule has 1 atom stereocenters. The number of H-pyrrole nitrogens is 1. The zero-order valence-electron chi connectivity index (χ0n) is 14.5. The molecular weight excluding hydrogens is 306 g/mol. The molecule has 5 nitrogen and oxygen atoms in total. The molecule has 1 aromatic carbocycles. The molecule has 2 rings (SSSR count).